The molecule has 11 aromatic rings. The van der Waals surface area contributed by atoms with E-state index < -0.39 is 0 Å². The molecule has 63 heavy (non-hydrogen) atoms. The van der Waals surface area contributed by atoms with Gasteiger partial charge >= 0.3 is 0 Å². The zero-order valence-corrected chi connectivity index (χ0v) is 35.2. The molecule has 0 aliphatic carbocycles. The summed E-state index contributed by atoms with van der Waals surface area (Å²) in [5, 5.41) is 10.1. The van der Waals surface area contributed by atoms with E-state index in [-0.39, 0.29) is 6.71 Å². The topological polar surface area (TPSA) is 6.48 Å². The molecule has 11 aromatic carbocycles. The Morgan fingerprint density at radius 2 is 0.762 bits per heavy atom. The molecule has 3 heteroatoms. The number of hydrogen-bond acceptors (Lipinski definition) is 2. The predicted octanol–water partition coefficient (Wildman–Crippen LogP) is 14.3. The van der Waals surface area contributed by atoms with E-state index in [4.69, 9.17) is 0 Å². The van der Waals surface area contributed by atoms with Crippen molar-refractivity contribution in [2.45, 2.75) is 13.8 Å². The van der Waals surface area contributed by atoms with Crippen LogP contribution in [0.3, 0.4) is 0 Å². The highest BCUT2D eigenvalue weighted by Crippen LogP contribution is 2.50. The fourth-order valence-electron chi connectivity index (χ4n) is 11.2. The Bertz CT molecular complexity index is 3440. The van der Waals surface area contributed by atoms with Gasteiger partial charge in [0, 0.05) is 44.9 Å². The van der Waals surface area contributed by atoms with Crippen LogP contribution in [0.2, 0.25) is 0 Å². The largest absolute Gasteiger partial charge is 0.311 e. The summed E-state index contributed by atoms with van der Waals surface area (Å²) < 4.78 is 0. The van der Waals surface area contributed by atoms with Crippen LogP contribution in [0.25, 0.3) is 65.3 Å². The standard InChI is InChI=1S/C60H41BN2/c1-38-34-43(40-16-6-3-7-17-40)35-39(2)57(38)44-36-55-58-56(37-44)63(46-22-10-5-11-23-46)60-52-29-27-42-19-13-15-25-48(42)50(52)31-33-54(60)61(58)53-32-30-49-47-24-14-12-18-41(47)26-28-51(49)59(53)62(55)45-20-8-4-9-21-45/h3-37H,1-2H3. The zero-order valence-electron chi connectivity index (χ0n) is 35.2. The van der Waals surface area contributed by atoms with Gasteiger partial charge in [-0.15, -0.1) is 0 Å². The van der Waals surface area contributed by atoms with Crippen molar-refractivity contribution >= 4 is 100 Å². The summed E-state index contributed by atoms with van der Waals surface area (Å²) >= 11 is 0. The van der Waals surface area contributed by atoms with E-state index in [0.29, 0.717) is 0 Å². The second-order valence-electron chi connectivity index (χ2n) is 17.3. The number of benzene rings is 11. The van der Waals surface area contributed by atoms with E-state index in [1.165, 1.54) is 116 Å². The van der Waals surface area contributed by atoms with Crippen molar-refractivity contribution in [1.82, 2.24) is 0 Å². The highest BCUT2D eigenvalue weighted by Gasteiger charge is 2.45. The molecule has 13 rings (SSSR count). The minimum Gasteiger partial charge on any atom is -0.311 e. The summed E-state index contributed by atoms with van der Waals surface area (Å²) in [7, 11) is 0. The SMILES string of the molecule is Cc1cc(-c2ccccc2)cc(C)c1-c1cc2c3c(c1)N(c1ccccc1)c1c(ccc4c1ccc1ccccc14)B3c1ccc3c(ccc4ccccc43)c1N2c1ccccc1. The molecular formula is C60H41BN2. The van der Waals surface area contributed by atoms with Gasteiger partial charge in [-0.25, -0.2) is 0 Å². The number of nitrogens with zero attached hydrogens (tertiary/aromatic N) is 2. The summed E-state index contributed by atoms with van der Waals surface area (Å²) in [5.74, 6) is 0. The van der Waals surface area contributed by atoms with E-state index in [2.05, 4.69) is 236 Å². The molecule has 2 aliphatic rings. The van der Waals surface area contributed by atoms with Crippen LogP contribution in [-0.2, 0) is 0 Å². The molecule has 0 N–H and O–H groups in total. The van der Waals surface area contributed by atoms with Crippen LogP contribution in [-0.4, -0.2) is 6.71 Å². The number of rotatable bonds is 4. The maximum atomic E-state index is 2.58. The van der Waals surface area contributed by atoms with Crippen molar-refractivity contribution in [3.05, 3.63) is 223 Å². The molecule has 294 valence electrons. The average Bonchev–Trinajstić information content (AvgIpc) is 3.34. The fraction of sp³-hybridized carbons (Fsp3) is 0.0333. The first kappa shape index (κ1) is 35.8. The van der Waals surface area contributed by atoms with Crippen molar-refractivity contribution in [3.8, 4) is 22.3 Å². The van der Waals surface area contributed by atoms with Crippen LogP contribution in [0.1, 0.15) is 11.1 Å². The number of para-hydroxylation sites is 2. The molecule has 0 amide bonds. The van der Waals surface area contributed by atoms with Crippen molar-refractivity contribution < 1.29 is 0 Å². The molecule has 0 aromatic heterocycles. The molecule has 0 saturated heterocycles. The minimum absolute atomic E-state index is 0.0247. The van der Waals surface area contributed by atoms with E-state index in [9.17, 15) is 0 Å². The van der Waals surface area contributed by atoms with Crippen molar-refractivity contribution in [3.63, 3.8) is 0 Å². The predicted molar refractivity (Wildman–Crippen MR) is 271 cm³/mol. The lowest BCUT2D eigenvalue weighted by Crippen LogP contribution is -2.61. The second-order valence-corrected chi connectivity index (χ2v) is 17.3. The lowest BCUT2D eigenvalue weighted by Gasteiger charge is -2.45. The van der Waals surface area contributed by atoms with Gasteiger partial charge in [-0.3, -0.25) is 0 Å². The lowest BCUT2D eigenvalue weighted by molar-refractivity contribution is 1.26. The van der Waals surface area contributed by atoms with Gasteiger partial charge in [0.2, 0.25) is 0 Å². The average molecular weight is 801 g/mol. The van der Waals surface area contributed by atoms with Crippen molar-refractivity contribution in [2.75, 3.05) is 9.80 Å². The molecule has 0 atom stereocenters. The fourth-order valence-corrected chi connectivity index (χ4v) is 11.2. The van der Waals surface area contributed by atoms with Crippen LogP contribution in [0.15, 0.2) is 212 Å². The number of fused-ring (bicyclic) bond motifs is 12. The molecule has 0 bridgehead atoms. The zero-order chi connectivity index (χ0) is 41.8. The third-order valence-corrected chi connectivity index (χ3v) is 13.8. The van der Waals surface area contributed by atoms with E-state index in [0.717, 1.165) is 11.4 Å². The Labute approximate surface area is 368 Å². The summed E-state index contributed by atoms with van der Waals surface area (Å²) in [6.07, 6.45) is 0. The molecule has 2 aliphatic heterocycles. The number of anilines is 6. The van der Waals surface area contributed by atoms with Gasteiger partial charge < -0.3 is 9.80 Å². The first-order valence-electron chi connectivity index (χ1n) is 22.0. The van der Waals surface area contributed by atoms with Gasteiger partial charge in [-0.2, -0.15) is 0 Å². The second kappa shape index (κ2) is 13.8. The van der Waals surface area contributed by atoms with Gasteiger partial charge in [0.15, 0.2) is 0 Å². The van der Waals surface area contributed by atoms with Crippen LogP contribution >= 0.6 is 0 Å². The Balaban J connectivity index is 1.19. The molecule has 0 spiro atoms. The summed E-state index contributed by atoms with van der Waals surface area (Å²) in [4.78, 5) is 5.16. The maximum absolute atomic E-state index is 2.58. The van der Waals surface area contributed by atoms with Gasteiger partial charge in [-0.05, 0) is 132 Å². The molecule has 2 nitrogen and oxygen atoms in total. The van der Waals surface area contributed by atoms with Gasteiger partial charge in [0.05, 0.1) is 0 Å². The first-order valence-corrected chi connectivity index (χ1v) is 22.0. The highest BCUT2D eigenvalue weighted by molar-refractivity contribution is 7.00. The van der Waals surface area contributed by atoms with Crippen LogP contribution < -0.4 is 26.2 Å². The summed E-state index contributed by atoms with van der Waals surface area (Å²) in [6.45, 7) is 4.55. The third kappa shape index (κ3) is 5.33. The van der Waals surface area contributed by atoms with Gasteiger partial charge in [0.1, 0.15) is 0 Å². The molecule has 0 unspecified atom stereocenters. The quantitative estimate of drug-likeness (QED) is 0.129. The summed E-state index contributed by atoms with van der Waals surface area (Å²) in [6, 6.07) is 79.2. The van der Waals surface area contributed by atoms with Gasteiger partial charge in [0.25, 0.3) is 6.71 Å². The number of hydrogen-bond donors (Lipinski definition) is 0. The van der Waals surface area contributed by atoms with Crippen LogP contribution in [0, 0.1) is 13.8 Å². The maximum Gasteiger partial charge on any atom is 0.252 e. The number of aryl methyl sites for hydroxylation is 2. The van der Waals surface area contributed by atoms with Crippen LogP contribution in [0.4, 0.5) is 34.1 Å². The lowest BCUT2D eigenvalue weighted by atomic mass is 9.33. The Kier molecular flexibility index (Phi) is 7.86. The first-order chi connectivity index (χ1) is 31.1. The molecule has 0 radical (unpaired) electrons. The summed E-state index contributed by atoms with van der Waals surface area (Å²) in [5.41, 5.74) is 18.6. The molecular weight excluding hydrogens is 759 g/mol. The Morgan fingerprint density at radius 3 is 1.25 bits per heavy atom. The third-order valence-electron chi connectivity index (χ3n) is 13.8. The minimum atomic E-state index is -0.0247. The normalized spacial score (nSPS) is 12.8. The smallest absolute Gasteiger partial charge is 0.252 e. The molecule has 0 fully saturated rings. The molecule has 0 saturated carbocycles. The van der Waals surface area contributed by atoms with E-state index in [1.54, 1.807) is 0 Å². The van der Waals surface area contributed by atoms with E-state index >= 15 is 0 Å². The van der Waals surface area contributed by atoms with Crippen LogP contribution in [0.5, 0.6) is 0 Å². The van der Waals surface area contributed by atoms with Crippen molar-refractivity contribution in [2.24, 2.45) is 0 Å². The highest BCUT2D eigenvalue weighted by atomic mass is 15.2. The molecule has 2 heterocycles. The Hall–Kier alpha value is -7.88. The van der Waals surface area contributed by atoms with Gasteiger partial charge in [-0.1, -0.05) is 176 Å². The Morgan fingerprint density at radius 1 is 0.333 bits per heavy atom. The van der Waals surface area contributed by atoms with E-state index in [1.807, 2.05) is 0 Å². The monoisotopic (exact) mass is 800 g/mol. The van der Waals surface area contributed by atoms with Crippen molar-refractivity contribution in [1.29, 1.82) is 0 Å².